The summed E-state index contributed by atoms with van der Waals surface area (Å²) in [5, 5.41) is 3.62. The molecule has 2 fully saturated rings. The van der Waals surface area contributed by atoms with Crippen LogP contribution in [-0.4, -0.2) is 37.6 Å². The maximum absolute atomic E-state index is 3.62. The van der Waals surface area contributed by atoms with Crippen molar-refractivity contribution in [2.45, 2.75) is 47.0 Å². The van der Waals surface area contributed by atoms with Gasteiger partial charge in [0.1, 0.15) is 0 Å². The highest BCUT2D eigenvalue weighted by molar-refractivity contribution is 4.96. The van der Waals surface area contributed by atoms with Crippen LogP contribution in [0.4, 0.5) is 0 Å². The minimum Gasteiger partial charge on any atom is -0.316 e. The highest BCUT2D eigenvalue weighted by Gasteiger charge is 2.43. The fourth-order valence-corrected chi connectivity index (χ4v) is 4.26. The lowest BCUT2D eigenvalue weighted by molar-refractivity contribution is -0.00127. The third kappa shape index (κ3) is 3.08. The second-order valence-electron chi connectivity index (χ2n) is 7.36. The third-order valence-corrected chi connectivity index (χ3v) is 5.23. The van der Waals surface area contributed by atoms with Gasteiger partial charge in [0.2, 0.25) is 0 Å². The van der Waals surface area contributed by atoms with Crippen LogP contribution in [0.15, 0.2) is 0 Å². The Bertz CT molecular complexity index is 252. The highest BCUT2D eigenvalue weighted by atomic mass is 15.1. The normalized spacial score (nSPS) is 29.3. The standard InChI is InChI=1S/C16H32N2/c1-13(2)12-18-9-6-16(7-10-18)5-8-17-11-15(16)14(3)4/h13-15,17H,5-12H2,1-4H3. The first-order chi connectivity index (χ1) is 8.53. The molecule has 2 heteroatoms. The molecule has 0 aromatic heterocycles. The van der Waals surface area contributed by atoms with Crippen LogP contribution in [0.3, 0.4) is 0 Å². The molecule has 1 N–H and O–H groups in total. The first kappa shape index (κ1) is 14.3. The monoisotopic (exact) mass is 252 g/mol. The molecular weight excluding hydrogens is 220 g/mol. The van der Waals surface area contributed by atoms with E-state index >= 15 is 0 Å². The van der Waals surface area contributed by atoms with Crippen molar-refractivity contribution in [1.82, 2.24) is 10.2 Å². The van der Waals surface area contributed by atoms with Gasteiger partial charge in [0, 0.05) is 6.54 Å². The summed E-state index contributed by atoms with van der Waals surface area (Å²) in [5.74, 6) is 2.54. The Hall–Kier alpha value is -0.0800. The van der Waals surface area contributed by atoms with Crippen molar-refractivity contribution >= 4 is 0 Å². The Labute approximate surface area is 114 Å². The zero-order valence-electron chi connectivity index (χ0n) is 12.8. The van der Waals surface area contributed by atoms with E-state index in [1.807, 2.05) is 0 Å². The van der Waals surface area contributed by atoms with E-state index in [9.17, 15) is 0 Å². The second-order valence-corrected chi connectivity index (χ2v) is 7.36. The molecule has 0 saturated carbocycles. The molecule has 2 nitrogen and oxygen atoms in total. The lowest BCUT2D eigenvalue weighted by Gasteiger charge is -2.51. The van der Waals surface area contributed by atoms with Gasteiger partial charge in [-0.3, -0.25) is 0 Å². The van der Waals surface area contributed by atoms with Gasteiger partial charge in [-0.25, -0.2) is 0 Å². The van der Waals surface area contributed by atoms with E-state index < -0.39 is 0 Å². The van der Waals surface area contributed by atoms with E-state index in [1.165, 1.54) is 52.0 Å². The molecule has 0 aromatic carbocycles. The molecule has 0 amide bonds. The summed E-state index contributed by atoms with van der Waals surface area (Å²) in [6, 6.07) is 0. The number of nitrogens with one attached hydrogen (secondary N) is 1. The quantitative estimate of drug-likeness (QED) is 0.831. The second kappa shape index (κ2) is 5.92. The van der Waals surface area contributed by atoms with Gasteiger partial charge in [-0.05, 0) is 68.6 Å². The molecule has 0 radical (unpaired) electrons. The minimum absolute atomic E-state index is 0.660. The van der Waals surface area contributed by atoms with Gasteiger partial charge in [0.05, 0.1) is 0 Å². The number of rotatable bonds is 3. The van der Waals surface area contributed by atoms with Crippen molar-refractivity contribution < 1.29 is 0 Å². The van der Waals surface area contributed by atoms with E-state index in [2.05, 4.69) is 37.9 Å². The SMILES string of the molecule is CC(C)CN1CCC2(CCNCC2C(C)C)CC1. The molecule has 106 valence electrons. The fraction of sp³-hybridized carbons (Fsp3) is 1.00. The third-order valence-electron chi connectivity index (χ3n) is 5.23. The van der Waals surface area contributed by atoms with Crippen LogP contribution in [0.1, 0.15) is 47.0 Å². The Morgan fingerprint density at radius 1 is 1.11 bits per heavy atom. The fourth-order valence-electron chi connectivity index (χ4n) is 4.26. The molecule has 1 spiro atoms. The van der Waals surface area contributed by atoms with Crippen molar-refractivity contribution in [1.29, 1.82) is 0 Å². The summed E-state index contributed by atoms with van der Waals surface area (Å²) in [6.45, 7) is 16.0. The summed E-state index contributed by atoms with van der Waals surface area (Å²) in [4.78, 5) is 2.69. The zero-order valence-corrected chi connectivity index (χ0v) is 12.8. The molecule has 1 unspecified atom stereocenters. The van der Waals surface area contributed by atoms with E-state index in [-0.39, 0.29) is 0 Å². The van der Waals surface area contributed by atoms with E-state index in [0.29, 0.717) is 5.41 Å². The van der Waals surface area contributed by atoms with Crippen molar-refractivity contribution in [2.75, 3.05) is 32.7 Å². The number of nitrogens with zero attached hydrogens (tertiary/aromatic N) is 1. The Kier molecular flexibility index (Phi) is 4.71. The van der Waals surface area contributed by atoms with Gasteiger partial charge in [0.15, 0.2) is 0 Å². The molecule has 2 aliphatic rings. The van der Waals surface area contributed by atoms with Crippen LogP contribution < -0.4 is 5.32 Å². The van der Waals surface area contributed by atoms with Crippen LogP contribution >= 0.6 is 0 Å². The first-order valence-corrected chi connectivity index (χ1v) is 7.96. The molecule has 18 heavy (non-hydrogen) atoms. The number of piperidine rings is 2. The van der Waals surface area contributed by atoms with Gasteiger partial charge in [-0.1, -0.05) is 27.7 Å². The van der Waals surface area contributed by atoms with Gasteiger partial charge in [-0.2, -0.15) is 0 Å². The minimum atomic E-state index is 0.660. The zero-order chi connectivity index (χ0) is 13.2. The molecule has 2 heterocycles. The summed E-state index contributed by atoms with van der Waals surface area (Å²) < 4.78 is 0. The summed E-state index contributed by atoms with van der Waals surface area (Å²) in [5.41, 5.74) is 0.660. The summed E-state index contributed by atoms with van der Waals surface area (Å²) in [7, 11) is 0. The summed E-state index contributed by atoms with van der Waals surface area (Å²) in [6.07, 6.45) is 4.28. The van der Waals surface area contributed by atoms with Crippen LogP contribution in [0.5, 0.6) is 0 Å². The van der Waals surface area contributed by atoms with Crippen LogP contribution in [0.25, 0.3) is 0 Å². The molecule has 2 saturated heterocycles. The molecule has 0 aliphatic carbocycles. The Morgan fingerprint density at radius 3 is 2.33 bits per heavy atom. The van der Waals surface area contributed by atoms with Crippen LogP contribution in [-0.2, 0) is 0 Å². The molecule has 0 bridgehead atoms. The Morgan fingerprint density at radius 2 is 1.78 bits per heavy atom. The molecule has 0 aromatic rings. The van der Waals surface area contributed by atoms with E-state index in [0.717, 1.165) is 17.8 Å². The molecular formula is C16H32N2. The summed E-state index contributed by atoms with van der Waals surface area (Å²) >= 11 is 0. The Balaban J connectivity index is 1.96. The van der Waals surface area contributed by atoms with Crippen molar-refractivity contribution in [3.63, 3.8) is 0 Å². The van der Waals surface area contributed by atoms with Gasteiger partial charge in [0.25, 0.3) is 0 Å². The number of hydrogen-bond acceptors (Lipinski definition) is 2. The molecule has 1 atom stereocenters. The number of hydrogen-bond donors (Lipinski definition) is 1. The average molecular weight is 252 g/mol. The van der Waals surface area contributed by atoms with Crippen molar-refractivity contribution in [3.05, 3.63) is 0 Å². The van der Waals surface area contributed by atoms with Gasteiger partial charge in [-0.15, -0.1) is 0 Å². The van der Waals surface area contributed by atoms with Gasteiger partial charge >= 0.3 is 0 Å². The maximum atomic E-state index is 3.62. The van der Waals surface area contributed by atoms with Gasteiger partial charge < -0.3 is 10.2 Å². The number of likely N-dealkylation sites (tertiary alicyclic amines) is 1. The lowest BCUT2D eigenvalue weighted by Crippen LogP contribution is -2.53. The van der Waals surface area contributed by atoms with Crippen molar-refractivity contribution in [2.24, 2.45) is 23.2 Å². The molecule has 2 rings (SSSR count). The van der Waals surface area contributed by atoms with E-state index in [1.54, 1.807) is 0 Å². The van der Waals surface area contributed by atoms with Crippen LogP contribution in [0.2, 0.25) is 0 Å². The maximum Gasteiger partial charge on any atom is 0.000439 e. The van der Waals surface area contributed by atoms with Crippen molar-refractivity contribution in [3.8, 4) is 0 Å². The first-order valence-electron chi connectivity index (χ1n) is 7.96. The predicted molar refractivity (Wildman–Crippen MR) is 78.8 cm³/mol. The predicted octanol–water partition coefficient (Wildman–Crippen LogP) is 2.99. The van der Waals surface area contributed by atoms with Crippen LogP contribution in [0, 0.1) is 23.2 Å². The lowest BCUT2D eigenvalue weighted by atomic mass is 9.61. The average Bonchev–Trinajstić information content (AvgIpc) is 2.32. The topological polar surface area (TPSA) is 15.3 Å². The largest absolute Gasteiger partial charge is 0.316 e. The van der Waals surface area contributed by atoms with E-state index in [4.69, 9.17) is 0 Å². The molecule has 2 aliphatic heterocycles. The highest BCUT2D eigenvalue weighted by Crippen LogP contribution is 2.46. The smallest absolute Gasteiger partial charge is 0.000439 e.